The zero-order valence-electron chi connectivity index (χ0n) is 20.1. The summed E-state index contributed by atoms with van der Waals surface area (Å²) in [5.41, 5.74) is 8.20. The van der Waals surface area contributed by atoms with Gasteiger partial charge in [0.05, 0.1) is 23.3 Å². The molecule has 10 nitrogen and oxygen atoms in total. The molecule has 1 aliphatic rings. The van der Waals surface area contributed by atoms with E-state index in [9.17, 15) is 4.79 Å². The van der Waals surface area contributed by atoms with E-state index in [4.69, 9.17) is 22.1 Å². The van der Waals surface area contributed by atoms with Crippen LogP contribution in [0.1, 0.15) is 0 Å². The molecule has 192 valence electrons. The molecule has 2 aromatic carbocycles. The Balaban J connectivity index is 1.37. The number of halogens is 2. The zero-order valence-corrected chi connectivity index (χ0v) is 20.8. The predicted octanol–water partition coefficient (Wildman–Crippen LogP) is 3.37. The largest absolute Gasteiger partial charge is 0.424 e. The first-order valence-corrected chi connectivity index (χ1v) is 12.3. The van der Waals surface area contributed by atoms with Gasteiger partial charge in [0, 0.05) is 67.2 Å². The molecule has 12 heteroatoms. The molecule has 1 aliphatic heterocycles. The van der Waals surface area contributed by atoms with E-state index in [-0.39, 0.29) is 18.5 Å². The van der Waals surface area contributed by atoms with Gasteiger partial charge < -0.3 is 15.5 Å². The zero-order chi connectivity index (χ0) is 26.2. The van der Waals surface area contributed by atoms with Gasteiger partial charge in [0.15, 0.2) is 0 Å². The van der Waals surface area contributed by atoms with Crippen molar-refractivity contribution in [3.05, 3.63) is 72.2 Å². The van der Waals surface area contributed by atoms with Crippen molar-refractivity contribution in [1.29, 1.82) is 0 Å². The van der Waals surface area contributed by atoms with Crippen molar-refractivity contribution in [2.24, 2.45) is 5.73 Å². The molecule has 0 radical (unpaired) electrons. The van der Waals surface area contributed by atoms with Gasteiger partial charge in [-0.3, -0.25) is 14.7 Å². The fourth-order valence-electron chi connectivity index (χ4n) is 4.67. The number of carbonyl (C=O) groups is 1. The molecule has 1 saturated heterocycles. The van der Waals surface area contributed by atoms with Crippen LogP contribution in [0.3, 0.4) is 0 Å². The highest BCUT2D eigenvalue weighted by atomic mass is 35.5. The molecular weight excluding hydrogens is 511 g/mol. The average molecular weight is 533 g/mol. The Morgan fingerprint density at radius 2 is 1.79 bits per heavy atom. The Morgan fingerprint density at radius 3 is 2.53 bits per heavy atom. The Kier molecular flexibility index (Phi) is 6.22. The number of amides is 1. The molecule has 2 N–H and O–H groups in total. The molecule has 0 aliphatic carbocycles. The van der Waals surface area contributed by atoms with Crippen molar-refractivity contribution in [1.82, 2.24) is 29.5 Å². The number of rotatable bonds is 6. The lowest BCUT2D eigenvalue weighted by Crippen LogP contribution is -2.52. The minimum Gasteiger partial charge on any atom is -0.424 e. The maximum Gasteiger partial charge on any atom is 0.321 e. The number of aromatic nitrogens is 5. The van der Waals surface area contributed by atoms with E-state index in [1.54, 1.807) is 55.2 Å². The molecule has 0 saturated carbocycles. The second kappa shape index (κ2) is 9.84. The Morgan fingerprint density at radius 1 is 1.00 bits per heavy atom. The number of primary amides is 1. The Hall–Kier alpha value is -4.35. The molecule has 0 spiro atoms. The van der Waals surface area contributed by atoms with E-state index in [1.165, 1.54) is 6.07 Å². The number of fused-ring (bicyclic) bond motifs is 3. The van der Waals surface area contributed by atoms with Crippen LogP contribution in [0.25, 0.3) is 33.1 Å². The minimum absolute atomic E-state index is 0.186. The number of nitrogens with zero attached hydrogens (tertiary/aromatic N) is 7. The highest BCUT2D eigenvalue weighted by Crippen LogP contribution is 2.36. The van der Waals surface area contributed by atoms with Crippen LogP contribution >= 0.6 is 11.6 Å². The van der Waals surface area contributed by atoms with Crippen LogP contribution in [-0.2, 0) is 4.79 Å². The van der Waals surface area contributed by atoms with E-state index in [1.807, 2.05) is 9.58 Å². The molecule has 6 rings (SSSR count). The van der Waals surface area contributed by atoms with E-state index in [2.05, 4.69) is 24.9 Å². The van der Waals surface area contributed by atoms with Crippen LogP contribution in [0.15, 0.2) is 61.3 Å². The lowest BCUT2D eigenvalue weighted by Gasteiger charge is -2.36. The number of imidazole rings is 1. The van der Waals surface area contributed by atoms with Crippen LogP contribution < -0.4 is 15.5 Å². The first kappa shape index (κ1) is 24.0. The highest BCUT2D eigenvalue weighted by molar-refractivity contribution is 6.33. The second-order valence-electron chi connectivity index (χ2n) is 8.90. The van der Waals surface area contributed by atoms with Crippen molar-refractivity contribution >= 4 is 39.4 Å². The van der Waals surface area contributed by atoms with Crippen molar-refractivity contribution in [3.8, 4) is 22.9 Å². The van der Waals surface area contributed by atoms with Crippen LogP contribution in [-0.4, -0.2) is 68.1 Å². The standard InChI is InChI=1S/C26H22ClFN8O2/c27-20-10-16(38-26-30-4-1-5-31-26)2-3-17(20)18-11-19-22(12-21(18)28)32-13-23-25(19)36(15-33-23)35-8-6-34(7-9-35)14-24(29)37/h1-5,10-13,15H,6-9,14H2,(H2,29,37). The van der Waals surface area contributed by atoms with Gasteiger partial charge in [-0.2, -0.15) is 0 Å². The van der Waals surface area contributed by atoms with E-state index >= 15 is 4.39 Å². The number of piperazine rings is 1. The fraction of sp³-hybridized carbons (Fsp3) is 0.192. The van der Waals surface area contributed by atoms with Gasteiger partial charge >= 0.3 is 6.01 Å². The summed E-state index contributed by atoms with van der Waals surface area (Å²) in [5.74, 6) is -0.356. The summed E-state index contributed by atoms with van der Waals surface area (Å²) in [4.78, 5) is 30.4. The number of hydrogen-bond acceptors (Lipinski definition) is 8. The van der Waals surface area contributed by atoms with Crippen LogP contribution in [0, 0.1) is 5.82 Å². The van der Waals surface area contributed by atoms with Gasteiger partial charge in [-0.05, 0) is 24.3 Å². The van der Waals surface area contributed by atoms with E-state index < -0.39 is 5.82 Å². The normalized spacial score (nSPS) is 14.3. The van der Waals surface area contributed by atoms with Crippen molar-refractivity contribution in [2.75, 3.05) is 37.7 Å². The van der Waals surface area contributed by atoms with Crippen molar-refractivity contribution in [2.45, 2.75) is 0 Å². The molecule has 0 unspecified atom stereocenters. The number of nitrogens with two attached hydrogens (primary N) is 1. The van der Waals surface area contributed by atoms with Crippen molar-refractivity contribution in [3.63, 3.8) is 0 Å². The third-order valence-electron chi connectivity index (χ3n) is 6.46. The summed E-state index contributed by atoms with van der Waals surface area (Å²) >= 11 is 6.59. The molecule has 5 aromatic rings. The maximum atomic E-state index is 15.3. The van der Waals surface area contributed by atoms with Gasteiger partial charge in [0.1, 0.15) is 28.9 Å². The maximum absolute atomic E-state index is 15.3. The number of hydrogen-bond donors (Lipinski definition) is 1. The van der Waals surface area contributed by atoms with E-state index in [0.717, 1.165) is 10.9 Å². The summed E-state index contributed by atoms with van der Waals surface area (Å²) in [5, 5.41) is 3.20. The Labute approximate surface area is 221 Å². The number of carbonyl (C=O) groups excluding carboxylic acids is 1. The van der Waals surface area contributed by atoms with Crippen LogP contribution in [0.2, 0.25) is 5.02 Å². The second-order valence-corrected chi connectivity index (χ2v) is 9.31. The van der Waals surface area contributed by atoms with Gasteiger partial charge in [-0.1, -0.05) is 11.6 Å². The predicted molar refractivity (Wildman–Crippen MR) is 141 cm³/mol. The molecule has 1 fully saturated rings. The molecule has 0 bridgehead atoms. The quantitative estimate of drug-likeness (QED) is 0.354. The van der Waals surface area contributed by atoms with Gasteiger partial charge in [0.25, 0.3) is 0 Å². The fourth-order valence-corrected chi connectivity index (χ4v) is 4.94. The molecular formula is C26H22ClFN8O2. The van der Waals surface area contributed by atoms with Crippen LogP contribution in [0.5, 0.6) is 11.8 Å². The summed E-state index contributed by atoms with van der Waals surface area (Å²) in [6.07, 6.45) is 6.52. The third-order valence-corrected chi connectivity index (χ3v) is 6.77. The van der Waals surface area contributed by atoms with Crippen molar-refractivity contribution < 1.29 is 13.9 Å². The lowest BCUT2D eigenvalue weighted by molar-refractivity contribution is -0.119. The molecule has 3 aromatic heterocycles. The van der Waals surface area contributed by atoms with Crippen LogP contribution in [0.4, 0.5) is 4.39 Å². The molecule has 4 heterocycles. The molecule has 0 atom stereocenters. The summed E-state index contributed by atoms with van der Waals surface area (Å²) in [7, 11) is 0. The summed E-state index contributed by atoms with van der Waals surface area (Å²) in [6.45, 7) is 2.95. The first-order chi connectivity index (χ1) is 18.5. The average Bonchev–Trinajstić information content (AvgIpc) is 3.34. The highest BCUT2D eigenvalue weighted by Gasteiger charge is 2.22. The minimum atomic E-state index is -0.447. The summed E-state index contributed by atoms with van der Waals surface area (Å²) in [6, 6.07) is 10.0. The number of ether oxygens (including phenoxy) is 1. The molecule has 38 heavy (non-hydrogen) atoms. The third kappa shape index (κ3) is 4.57. The number of benzene rings is 2. The monoisotopic (exact) mass is 532 g/mol. The van der Waals surface area contributed by atoms with Gasteiger partial charge in [-0.15, -0.1) is 0 Å². The lowest BCUT2D eigenvalue weighted by atomic mass is 10.0. The topological polar surface area (TPSA) is 115 Å². The SMILES string of the molecule is NC(=O)CN1CCN(n2cnc3cnc4cc(F)c(-c5ccc(Oc6ncccn6)cc5Cl)cc4c32)CC1. The first-order valence-electron chi connectivity index (χ1n) is 11.9. The Bertz CT molecular complexity index is 1650. The van der Waals surface area contributed by atoms with Gasteiger partial charge in [-0.25, -0.2) is 24.0 Å². The number of pyridine rings is 1. The van der Waals surface area contributed by atoms with E-state index in [0.29, 0.717) is 59.1 Å². The smallest absolute Gasteiger partial charge is 0.321 e. The summed E-state index contributed by atoms with van der Waals surface area (Å²) < 4.78 is 23.0. The molecule has 1 amide bonds. The van der Waals surface area contributed by atoms with Gasteiger partial charge in [0.2, 0.25) is 5.91 Å².